The fourth-order valence-electron chi connectivity index (χ4n) is 5.04. The van der Waals surface area contributed by atoms with E-state index in [1.165, 1.54) is 0 Å². The molecule has 0 aromatic carbocycles. The van der Waals surface area contributed by atoms with Gasteiger partial charge in [0.25, 0.3) is 5.91 Å². The molecule has 3 aliphatic heterocycles. The average molecular weight is 471 g/mol. The molecule has 2 N–H and O–H groups in total. The summed E-state index contributed by atoms with van der Waals surface area (Å²) in [5.74, 6) is 0.0198. The fraction of sp³-hybridized carbons (Fsp3) is 0.667. The number of nitrogens with zero attached hydrogens (tertiary/aromatic N) is 4. The molecular formula is C24H34N6O4. The molecule has 10 heteroatoms. The van der Waals surface area contributed by atoms with E-state index in [0.717, 1.165) is 42.4 Å². The fourth-order valence-corrected chi connectivity index (χ4v) is 5.04. The van der Waals surface area contributed by atoms with Crippen LogP contribution < -0.4 is 10.6 Å². The number of rotatable bonds is 6. The molecule has 0 radical (unpaired) electrons. The zero-order valence-corrected chi connectivity index (χ0v) is 20.0. The van der Waals surface area contributed by atoms with E-state index >= 15 is 0 Å². The molecule has 0 bridgehead atoms. The molecule has 3 saturated heterocycles. The van der Waals surface area contributed by atoms with Gasteiger partial charge in [-0.05, 0) is 39.5 Å². The van der Waals surface area contributed by atoms with E-state index in [9.17, 15) is 9.59 Å². The number of carbonyl (C=O) groups excluding carboxylic acids is 2. The Hall–Kier alpha value is -2.72. The number of anilines is 1. The number of aromatic nitrogens is 3. The van der Waals surface area contributed by atoms with Crippen molar-refractivity contribution >= 4 is 28.5 Å². The van der Waals surface area contributed by atoms with Crippen LogP contribution in [-0.4, -0.2) is 83.1 Å². The van der Waals surface area contributed by atoms with Gasteiger partial charge in [-0.3, -0.25) is 9.59 Å². The van der Waals surface area contributed by atoms with Gasteiger partial charge in [0.15, 0.2) is 5.65 Å². The van der Waals surface area contributed by atoms with Crippen LogP contribution in [0.5, 0.6) is 0 Å². The van der Waals surface area contributed by atoms with Crippen LogP contribution in [0.2, 0.25) is 0 Å². The molecule has 2 aromatic rings. The summed E-state index contributed by atoms with van der Waals surface area (Å²) in [5.41, 5.74) is 1.71. The van der Waals surface area contributed by atoms with Crippen molar-refractivity contribution in [3.63, 3.8) is 0 Å². The first-order valence-electron chi connectivity index (χ1n) is 12.4. The lowest BCUT2D eigenvalue weighted by Gasteiger charge is -2.42. The molecule has 0 unspecified atom stereocenters. The van der Waals surface area contributed by atoms with Crippen LogP contribution in [0.4, 0.5) is 5.69 Å². The largest absolute Gasteiger partial charge is 0.381 e. The van der Waals surface area contributed by atoms with Crippen LogP contribution >= 0.6 is 0 Å². The Kier molecular flexibility index (Phi) is 6.44. The van der Waals surface area contributed by atoms with Gasteiger partial charge in [-0.25, -0.2) is 9.67 Å². The summed E-state index contributed by atoms with van der Waals surface area (Å²) in [4.78, 5) is 32.6. The highest BCUT2D eigenvalue weighted by Gasteiger charge is 2.44. The number of carbonyl (C=O) groups is 2. The summed E-state index contributed by atoms with van der Waals surface area (Å²) < 4.78 is 12.6. The van der Waals surface area contributed by atoms with Crippen molar-refractivity contribution in [1.29, 1.82) is 0 Å². The number of fused-ring (bicyclic) bond motifs is 1. The molecule has 34 heavy (non-hydrogen) atoms. The Morgan fingerprint density at radius 2 is 1.82 bits per heavy atom. The number of pyridine rings is 1. The molecule has 2 amide bonds. The van der Waals surface area contributed by atoms with Crippen molar-refractivity contribution in [3.8, 4) is 0 Å². The molecule has 0 atom stereocenters. The van der Waals surface area contributed by atoms with Crippen LogP contribution in [0.15, 0.2) is 12.4 Å². The van der Waals surface area contributed by atoms with Crippen molar-refractivity contribution in [2.24, 2.45) is 5.41 Å². The molecule has 184 valence electrons. The molecule has 2 aromatic heterocycles. The van der Waals surface area contributed by atoms with Gasteiger partial charge < -0.3 is 25.0 Å². The number of hydrogen-bond donors (Lipinski definition) is 2. The molecule has 10 nitrogen and oxygen atoms in total. The van der Waals surface area contributed by atoms with Gasteiger partial charge >= 0.3 is 0 Å². The Balaban J connectivity index is 1.30. The van der Waals surface area contributed by atoms with Crippen LogP contribution in [0.1, 0.15) is 49.9 Å². The van der Waals surface area contributed by atoms with E-state index in [0.29, 0.717) is 51.6 Å². The van der Waals surface area contributed by atoms with Crippen molar-refractivity contribution in [2.45, 2.75) is 58.2 Å². The van der Waals surface area contributed by atoms with E-state index in [4.69, 9.17) is 9.47 Å². The highest BCUT2D eigenvalue weighted by Crippen LogP contribution is 2.31. The molecule has 3 fully saturated rings. The van der Waals surface area contributed by atoms with Gasteiger partial charge in [0.2, 0.25) is 5.91 Å². The average Bonchev–Trinajstić information content (AvgIpc) is 3.27. The zero-order valence-electron chi connectivity index (χ0n) is 20.0. The van der Waals surface area contributed by atoms with Gasteiger partial charge in [-0.15, -0.1) is 0 Å². The molecule has 5 rings (SSSR count). The third-order valence-corrected chi connectivity index (χ3v) is 7.26. The lowest BCUT2D eigenvalue weighted by molar-refractivity contribution is -0.169. The van der Waals surface area contributed by atoms with Gasteiger partial charge in [0, 0.05) is 51.1 Å². The first-order chi connectivity index (χ1) is 16.5. The number of amides is 2. The monoisotopic (exact) mass is 470 g/mol. The Labute approximate surface area is 199 Å². The highest BCUT2D eigenvalue weighted by molar-refractivity contribution is 6.06. The summed E-state index contributed by atoms with van der Waals surface area (Å²) in [6, 6.07) is 0.258. The number of piperidine rings is 1. The van der Waals surface area contributed by atoms with Crippen molar-refractivity contribution < 1.29 is 19.1 Å². The number of ether oxygens (including phenoxy) is 2. The second-order valence-corrected chi connectivity index (χ2v) is 9.87. The lowest BCUT2D eigenvalue weighted by Crippen LogP contribution is -2.56. The van der Waals surface area contributed by atoms with Crippen molar-refractivity contribution in [2.75, 3.05) is 44.8 Å². The first kappa shape index (κ1) is 23.0. The molecular weight excluding hydrogens is 436 g/mol. The molecule has 0 saturated carbocycles. The second kappa shape index (κ2) is 9.50. The summed E-state index contributed by atoms with van der Waals surface area (Å²) in [7, 11) is 0. The van der Waals surface area contributed by atoms with E-state index in [2.05, 4.69) is 20.7 Å². The minimum absolute atomic E-state index is 0.0204. The van der Waals surface area contributed by atoms with Crippen molar-refractivity contribution in [3.05, 3.63) is 18.0 Å². The third-order valence-electron chi connectivity index (χ3n) is 7.26. The predicted molar refractivity (Wildman–Crippen MR) is 127 cm³/mol. The van der Waals surface area contributed by atoms with Gasteiger partial charge in [0.1, 0.15) is 0 Å². The van der Waals surface area contributed by atoms with Crippen LogP contribution in [0, 0.1) is 5.41 Å². The van der Waals surface area contributed by atoms with Gasteiger partial charge in [-0.1, -0.05) is 0 Å². The maximum atomic E-state index is 13.4. The van der Waals surface area contributed by atoms with Crippen LogP contribution in [0.3, 0.4) is 0 Å². The predicted octanol–water partition coefficient (Wildman–Crippen LogP) is 1.80. The molecule has 3 aliphatic rings. The Morgan fingerprint density at radius 1 is 1.09 bits per heavy atom. The summed E-state index contributed by atoms with van der Waals surface area (Å²) in [6.07, 6.45) is 6.70. The molecule has 5 heterocycles. The number of likely N-dealkylation sites (tertiary alicyclic amines) is 1. The molecule has 0 spiro atoms. The topological polar surface area (TPSA) is 111 Å². The quantitative estimate of drug-likeness (QED) is 0.662. The summed E-state index contributed by atoms with van der Waals surface area (Å²) in [5, 5.41) is 12.1. The molecule has 0 aliphatic carbocycles. The highest BCUT2D eigenvalue weighted by atomic mass is 16.5. The van der Waals surface area contributed by atoms with Crippen molar-refractivity contribution in [1.82, 2.24) is 25.0 Å². The van der Waals surface area contributed by atoms with E-state index in [-0.39, 0.29) is 29.3 Å². The zero-order chi connectivity index (χ0) is 23.7. The van der Waals surface area contributed by atoms with E-state index in [1.54, 1.807) is 12.4 Å². The lowest BCUT2D eigenvalue weighted by atomic mass is 9.86. The van der Waals surface area contributed by atoms with E-state index < -0.39 is 0 Å². The standard InChI is InChI=1S/C24H34N6O4/c1-3-30-21-18(13-26-30)20(27-17-6-10-33-11-7-17)19(12-25-21)22(31)28-16-4-8-29(9-5-16)23(32)24(2)14-34-15-24/h12-13,16-17H,3-11,14-15H2,1-2H3,(H,25,27)(H,28,31). The van der Waals surface area contributed by atoms with Crippen LogP contribution in [0.25, 0.3) is 11.0 Å². The van der Waals surface area contributed by atoms with Gasteiger partial charge in [-0.2, -0.15) is 5.10 Å². The van der Waals surface area contributed by atoms with Gasteiger partial charge in [0.05, 0.1) is 41.5 Å². The number of hydrogen-bond acceptors (Lipinski definition) is 7. The second-order valence-electron chi connectivity index (χ2n) is 9.87. The maximum absolute atomic E-state index is 13.4. The Bertz CT molecular complexity index is 1050. The number of nitrogens with one attached hydrogen (secondary N) is 2. The normalized spacial score (nSPS) is 21.3. The minimum atomic E-state index is -0.384. The maximum Gasteiger partial charge on any atom is 0.255 e. The summed E-state index contributed by atoms with van der Waals surface area (Å²) in [6.45, 7) is 8.40. The summed E-state index contributed by atoms with van der Waals surface area (Å²) >= 11 is 0. The minimum Gasteiger partial charge on any atom is -0.381 e. The van der Waals surface area contributed by atoms with E-state index in [1.807, 2.05) is 23.4 Å². The smallest absolute Gasteiger partial charge is 0.255 e. The SMILES string of the molecule is CCn1ncc2c(NC3CCOCC3)c(C(=O)NC3CCN(C(=O)C4(C)COC4)CC3)cnc21. The number of aryl methyl sites for hydroxylation is 1. The third kappa shape index (κ3) is 4.36. The first-order valence-corrected chi connectivity index (χ1v) is 12.4. The Morgan fingerprint density at radius 3 is 2.47 bits per heavy atom. The van der Waals surface area contributed by atoms with Crippen LogP contribution in [-0.2, 0) is 20.8 Å².